The molecule has 0 saturated carbocycles. The summed E-state index contributed by atoms with van der Waals surface area (Å²) >= 11 is 0. The Morgan fingerprint density at radius 3 is 0.280 bits per heavy atom. The van der Waals surface area contributed by atoms with Crippen LogP contribution in [0, 0.1) is 0 Å². The van der Waals surface area contributed by atoms with Crippen molar-refractivity contribution in [2.24, 2.45) is 0 Å². The van der Waals surface area contributed by atoms with E-state index in [0.29, 0.717) is 0 Å². The molecule has 0 aliphatic heterocycles. The molecule has 0 aromatic carbocycles. The van der Waals surface area contributed by atoms with E-state index in [1.165, 1.54) is 395 Å². The summed E-state index contributed by atoms with van der Waals surface area (Å²) in [7, 11) is -11.4. The van der Waals surface area contributed by atoms with Crippen LogP contribution in [0.15, 0.2) is 0 Å². The monoisotopic (exact) mass is 1670 g/mol. The second-order valence-corrected chi connectivity index (χ2v) is 90.6. The predicted molar refractivity (Wildman–Crippen MR) is 535 cm³/mol. The van der Waals surface area contributed by atoms with Crippen molar-refractivity contribution in [3.05, 3.63) is 0 Å². The molecule has 0 heterocycles. The quantitative estimate of drug-likeness (QED) is 0.0310. The van der Waals surface area contributed by atoms with Crippen molar-refractivity contribution < 1.29 is 0 Å². The molecule has 5 N–H and O–H groups in total. The Morgan fingerprint density at radius 1 is 0.112 bits per heavy atom. The molecule has 652 valence electrons. The zero-order valence-electron chi connectivity index (χ0n) is 81.3. The van der Waals surface area contributed by atoms with Crippen molar-refractivity contribution in [2.45, 2.75) is 595 Å². The Balaban J connectivity index is -0.000000420. The number of rotatable bonds is 72. The van der Waals surface area contributed by atoms with Crippen LogP contribution in [-0.2, 0) is 0 Å². The van der Waals surface area contributed by atoms with Gasteiger partial charge in [-0.1, -0.05) is 546 Å². The molecular weight excluding hydrogens is 1460 g/mol. The van der Waals surface area contributed by atoms with Crippen molar-refractivity contribution in [3.8, 4) is 0 Å². The van der Waals surface area contributed by atoms with Gasteiger partial charge in [0.25, 0.3) is 0 Å². The van der Waals surface area contributed by atoms with Gasteiger partial charge in [-0.3, -0.25) is 0 Å². The van der Waals surface area contributed by atoms with Gasteiger partial charge in [0, 0.05) is 0 Å². The predicted octanol–water partition coefficient (Wildman–Crippen LogP) is 35.4. The first-order valence-corrected chi connectivity index (χ1v) is 81.6. The van der Waals surface area contributed by atoms with Crippen LogP contribution in [0.2, 0.25) is 192 Å². The number of hydrogen-bond donors (Lipinski definition) is 5. The zero-order valence-corrected chi connectivity index (χ0v) is 91.3. The topological polar surface area (TPSA) is 60.1 Å². The first-order chi connectivity index (χ1) is 50.0. The maximum atomic E-state index is 4.27. The summed E-state index contributed by atoms with van der Waals surface area (Å²) in [6.07, 6.45) is 77.8. The minimum absolute atomic E-state index is 0.981. The molecule has 0 atom stereocenters. The first kappa shape index (κ1) is 118. The Bertz CT molecular complexity index is 1710. The zero-order chi connectivity index (χ0) is 82.4. The third kappa shape index (κ3) is 100. The number of unbranched alkanes of at least 4 members (excludes halogenated alkanes) is 46. The summed E-state index contributed by atoms with van der Waals surface area (Å²) < 4.78 is 20.6. The van der Waals surface area contributed by atoms with Gasteiger partial charge in [0.2, 0.25) is 0 Å². The Labute approximate surface area is 694 Å². The molecule has 0 aromatic heterocycles. The summed E-state index contributed by atoms with van der Waals surface area (Å²) in [5.41, 5.74) is 0. The highest BCUT2D eigenvalue weighted by molar-refractivity contribution is 6.93. The van der Waals surface area contributed by atoms with Gasteiger partial charge in [-0.05, 0) is 48.4 Å². The molecule has 107 heavy (non-hydrogen) atoms. The lowest BCUT2D eigenvalue weighted by atomic mass is 10.1. The van der Waals surface area contributed by atoms with Gasteiger partial charge >= 0.3 is 0 Å². The second-order valence-electron chi connectivity index (χ2n) is 42.5. The lowest BCUT2D eigenvalue weighted by Gasteiger charge is -2.35. The average molecular weight is 1680 g/mol. The van der Waals surface area contributed by atoms with Crippen molar-refractivity contribution in [3.63, 3.8) is 0 Å². The molecule has 0 spiro atoms. The van der Waals surface area contributed by atoms with Gasteiger partial charge in [-0.15, -0.1) is 0 Å². The molecule has 0 amide bonds. The fraction of sp³-hybridized carbons (Fsp3) is 1.00. The molecule has 15 heteroatoms. The Kier molecular flexibility index (Phi) is 81.6. The molecule has 0 rings (SSSR count). The van der Waals surface area contributed by atoms with Gasteiger partial charge < -0.3 is 23.2 Å². The molecule has 0 aromatic rings. The van der Waals surface area contributed by atoms with E-state index < -0.39 is 82.4 Å². The number of hydrogen-bond acceptors (Lipinski definition) is 5. The first-order valence-electron chi connectivity index (χ1n) is 49.0. The smallest absolute Gasteiger partial charge is 0.112 e. The standard InChI is InChI=1S/C28H63NSi2.C22H51NSi2.C20H47NSi2.C16H39NSi2.C6H19NSi2/c1-7-9-11-13-15-17-19-21-23-25-27-30(3,4)29-31(5,6)28-26-24-22-20-18-16-14-12-10-8-2;1-7-9-11-13-15-16-18-20-22-25(5,6)23-24(3,4)21-19-17-14-12-10-8-2;1-7-9-11-13-15-17-19-22(3,4)21-23(5,6)20-18-16-14-12-10-8-2;1-7-9-11-13-15-18(3,4)17-19(5,6)16-14-12-10-8-2;1-8(2,3)7-9(4,5)6/h29H,7-28H2,1-6H3;23H,7-22H2,1-6H3;21H,7-20H2,1-6H3;17H,7-16H2,1-6H3;7H,1-6H3. The third-order valence-corrected chi connectivity index (χ3v) is 62.7. The van der Waals surface area contributed by atoms with E-state index in [-0.39, 0.29) is 0 Å². The fourth-order valence-electron chi connectivity index (χ4n) is 17.1. The van der Waals surface area contributed by atoms with Crippen LogP contribution in [0.5, 0.6) is 0 Å². The third-order valence-electron chi connectivity index (χ3n) is 22.2. The van der Waals surface area contributed by atoms with E-state index in [0.717, 1.165) is 0 Å². The highest BCUT2D eigenvalue weighted by atomic mass is 28.4. The molecular formula is C92H219N5Si10. The minimum Gasteiger partial charge on any atom is -0.360 e. The maximum absolute atomic E-state index is 4.27. The van der Waals surface area contributed by atoms with Crippen LogP contribution < -0.4 is 23.2 Å². The van der Waals surface area contributed by atoms with Crippen LogP contribution in [0.1, 0.15) is 402 Å². The SMILES string of the molecule is CCCCCCCCCCCC[Si](C)(C)N[Si](C)(C)CCCCCCCCCCCC.CCCCCCCCCC[Si](C)(C)N[Si](C)(C)CCCCCCCC.CCCCCCCC[Si](C)(C)N[Si](C)(C)CCCCCCCC.CCCCCC[Si](C)(C)N[Si](C)(C)CCCCCC.C[Si](C)(C)N[Si](C)(C)C. The summed E-state index contributed by atoms with van der Waals surface area (Å²) in [4.78, 5) is 0. The summed E-state index contributed by atoms with van der Waals surface area (Å²) in [5.74, 6) is 0. The van der Waals surface area contributed by atoms with Gasteiger partial charge in [-0.25, -0.2) is 0 Å². The molecule has 0 unspecified atom stereocenters. The fourth-order valence-corrected chi connectivity index (χ4v) is 68.5. The maximum Gasteiger partial charge on any atom is 0.112 e. The van der Waals surface area contributed by atoms with Crippen molar-refractivity contribution >= 4 is 82.4 Å². The highest BCUT2D eigenvalue weighted by Crippen LogP contribution is 2.26. The molecule has 0 aliphatic rings. The summed E-state index contributed by atoms with van der Waals surface area (Å²) in [5, 5.41) is 0. The van der Waals surface area contributed by atoms with Gasteiger partial charge in [0.1, 0.15) is 82.4 Å². The van der Waals surface area contributed by atoms with E-state index in [2.05, 4.69) is 223 Å². The molecule has 0 saturated heterocycles. The summed E-state index contributed by atoms with van der Waals surface area (Å²) in [6.45, 7) is 73.6. The summed E-state index contributed by atoms with van der Waals surface area (Å²) in [6, 6.07) is 11.8. The lowest BCUT2D eigenvalue weighted by molar-refractivity contribution is 0.561. The molecule has 0 fully saturated rings. The normalized spacial score (nSPS) is 12.8. The van der Waals surface area contributed by atoms with Crippen molar-refractivity contribution in [1.29, 1.82) is 0 Å². The number of nitrogens with one attached hydrogen (secondary N) is 5. The van der Waals surface area contributed by atoms with Gasteiger partial charge in [-0.2, -0.15) is 0 Å². The molecule has 0 bridgehead atoms. The van der Waals surface area contributed by atoms with Crippen LogP contribution in [0.25, 0.3) is 0 Å². The van der Waals surface area contributed by atoms with Crippen molar-refractivity contribution in [2.75, 3.05) is 0 Å². The van der Waals surface area contributed by atoms with Crippen molar-refractivity contribution in [1.82, 2.24) is 23.2 Å². The van der Waals surface area contributed by atoms with Crippen LogP contribution in [-0.4, -0.2) is 82.4 Å². The Morgan fingerprint density at radius 2 is 0.196 bits per heavy atom. The van der Waals surface area contributed by atoms with Crippen LogP contribution in [0.4, 0.5) is 0 Å². The average Bonchev–Trinajstić information content (AvgIpc) is 0.885. The highest BCUT2D eigenvalue weighted by Gasteiger charge is 2.34. The Hall–Kier alpha value is 1.97. The van der Waals surface area contributed by atoms with E-state index in [1.54, 1.807) is 0 Å². The van der Waals surface area contributed by atoms with E-state index in [4.69, 9.17) is 0 Å². The second kappa shape index (κ2) is 74.3. The van der Waals surface area contributed by atoms with Gasteiger partial charge in [0.15, 0.2) is 0 Å². The molecule has 5 nitrogen and oxygen atoms in total. The minimum atomic E-state index is -1.21. The van der Waals surface area contributed by atoms with E-state index in [9.17, 15) is 0 Å². The van der Waals surface area contributed by atoms with Gasteiger partial charge in [0.05, 0.1) is 0 Å². The molecule has 0 radical (unpaired) electrons. The largest absolute Gasteiger partial charge is 0.360 e. The molecule has 0 aliphatic carbocycles. The van der Waals surface area contributed by atoms with Crippen LogP contribution in [0.3, 0.4) is 0 Å². The van der Waals surface area contributed by atoms with E-state index >= 15 is 0 Å². The lowest BCUT2D eigenvalue weighted by Crippen LogP contribution is -2.58. The van der Waals surface area contributed by atoms with E-state index in [1.807, 2.05) is 0 Å². The van der Waals surface area contributed by atoms with Crippen LogP contribution >= 0.6 is 0 Å².